The van der Waals surface area contributed by atoms with Crippen LogP contribution >= 0.6 is 7.82 Å². The van der Waals surface area contributed by atoms with Gasteiger partial charge in [0.05, 0.1) is 19.8 Å². The number of nitrogens with two attached hydrogens (primary N) is 1. The molecule has 0 aromatic heterocycles. The van der Waals surface area contributed by atoms with Crippen molar-refractivity contribution in [1.82, 2.24) is 0 Å². The topological polar surface area (TPSA) is 117 Å². The van der Waals surface area contributed by atoms with Crippen molar-refractivity contribution < 1.29 is 32.8 Å². The molecular formula is C45H90NO7P. The van der Waals surface area contributed by atoms with Gasteiger partial charge in [0, 0.05) is 19.6 Å². The van der Waals surface area contributed by atoms with Crippen LogP contribution in [0.3, 0.4) is 0 Å². The number of carbonyl (C=O) groups excluding carboxylic acids is 1. The molecule has 0 fully saturated rings. The molecule has 0 amide bonds. The molecular weight excluding hydrogens is 697 g/mol. The summed E-state index contributed by atoms with van der Waals surface area (Å²) in [5.41, 5.74) is 5.38. The fourth-order valence-electron chi connectivity index (χ4n) is 6.76. The Kier molecular flexibility index (Phi) is 42.8. The van der Waals surface area contributed by atoms with Crippen molar-refractivity contribution in [3.63, 3.8) is 0 Å². The molecule has 0 aromatic rings. The van der Waals surface area contributed by atoms with Crippen LogP contribution in [0.2, 0.25) is 0 Å². The van der Waals surface area contributed by atoms with Crippen LogP contribution in [0.25, 0.3) is 0 Å². The summed E-state index contributed by atoms with van der Waals surface area (Å²) in [5, 5.41) is 0. The maximum Gasteiger partial charge on any atom is 0.472 e. The second kappa shape index (κ2) is 43.4. The van der Waals surface area contributed by atoms with Gasteiger partial charge in [0.1, 0.15) is 6.10 Å². The molecule has 0 aliphatic rings. The number of esters is 1. The van der Waals surface area contributed by atoms with Crippen molar-refractivity contribution in [1.29, 1.82) is 0 Å². The number of allylic oxidation sites excluding steroid dienone is 2. The van der Waals surface area contributed by atoms with Gasteiger partial charge in [-0.1, -0.05) is 199 Å². The van der Waals surface area contributed by atoms with E-state index >= 15 is 0 Å². The normalized spacial score (nSPS) is 13.5. The van der Waals surface area contributed by atoms with Gasteiger partial charge in [-0.2, -0.15) is 0 Å². The number of ether oxygens (including phenoxy) is 2. The van der Waals surface area contributed by atoms with Crippen LogP contribution in [0.4, 0.5) is 0 Å². The molecule has 322 valence electrons. The number of hydrogen-bond donors (Lipinski definition) is 2. The lowest BCUT2D eigenvalue weighted by Gasteiger charge is -2.20. The first-order chi connectivity index (χ1) is 26.4. The number of hydrogen-bond acceptors (Lipinski definition) is 7. The molecule has 2 unspecified atom stereocenters. The molecule has 0 aliphatic carbocycles. The van der Waals surface area contributed by atoms with Crippen molar-refractivity contribution in [2.75, 3.05) is 33.0 Å². The van der Waals surface area contributed by atoms with Crippen LogP contribution in [0.5, 0.6) is 0 Å². The third-order valence-electron chi connectivity index (χ3n) is 10.2. The second-order valence-electron chi connectivity index (χ2n) is 15.6. The van der Waals surface area contributed by atoms with Gasteiger partial charge in [0.25, 0.3) is 0 Å². The van der Waals surface area contributed by atoms with Gasteiger partial charge in [0.2, 0.25) is 0 Å². The minimum Gasteiger partial charge on any atom is -0.457 e. The minimum atomic E-state index is -4.27. The number of rotatable bonds is 45. The first kappa shape index (κ1) is 53.2. The van der Waals surface area contributed by atoms with E-state index in [2.05, 4.69) is 26.0 Å². The van der Waals surface area contributed by atoms with Gasteiger partial charge < -0.3 is 20.1 Å². The summed E-state index contributed by atoms with van der Waals surface area (Å²) in [6.07, 6.45) is 46.6. The fourth-order valence-corrected chi connectivity index (χ4v) is 7.52. The number of phosphoric acid groups is 1. The van der Waals surface area contributed by atoms with E-state index in [9.17, 15) is 14.3 Å². The second-order valence-corrected chi connectivity index (χ2v) is 17.1. The van der Waals surface area contributed by atoms with E-state index in [-0.39, 0.29) is 32.3 Å². The summed E-state index contributed by atoms with van der Waals surface area (Å²) in [6.45, 7) is 4.96. The largest absolute Gasteiger partial charge is 0.472 e. The quantitative estimate of drug-likeness (QED) is 0.0271. The van der Waals surface area contributed by atoms with E-state index < -0.39 is 13.9 Å². The third kappa shape index (κ3) is 42.4. The SMILES string of the molecule is CCCCCCCCC/C=C\CCCCCCCCOCC(COP(=O)(O)OCCN)OC(=O)CCCCCCCCCCCCCCCCCCCC. The van der Waals surface area contributed by atoms with E-state index in [1.54, 1.807) is 0 Å². The Balaban J connectivity index is 3.97. The highest BCUT2D eigenvalue weighted by atomic mass is 31.2. The van der Waals surface area contributed by atoms with Crippen LogP contribution in [0, 0.1) is 0 Å². The molecule has 0 aromatic carbocycles. The third-order valence-corrected chi connectivity index (χ3v) is 11.2. The summed E-state index contributed by atoms with van der Waals surface area (Å²) >= 11 is 0. The van der Waals surface area contributed by atoms with Gasteiger partial charge in [-0.15, -0.1) is 0 Å². The Hall–Kier alpha value is -0.760. The first-order valence-corrected chi connectivity index (χ1v) is 24.7. The average Bonchev–Trinajstić information content (AvgIpc) is 3.16. The predicted octanol–water partition coefficient (Wildman–Crippen LogP) is 13.9. The Morgan fingerprint density at radius 1 is 0.537 bits per heavy atom. The van der Waals surface area contributed by atoms with Crippen molar-refractivity contribution in [3.05, 3.63) is 12.2 Å². The summed E-state index contributed by atoms with van der Waals surface area (Å²) in [6, 6.07) is 0. The highest BCUT2D eigenvalue weighted by molar-refractivity contribution is 7.47. The molecule has 2 atom stereocenters. The smallest absolute Gasteiger partial charge is 0.457 e. The Morgan fingerprint density at radius 2 is 0.926 bits per heavy atom. The molecule has 0 spiro atoms. The maximum absolute atomic E-state index is 12.6. The monoisotopic (exact) mass is 788 g/mol. The molecule has 0 rings (SSSR count). The van der Waals surface area contributed by atoms with Crippen LogP contribution < -0.4 is 5.73 Å². The molecule has 54 heavy (non-hydrogen) atoms. The predicted molar refractivity (Wildman–Crippen MR) is 229 cm³/mol. The van der Waals surface area contributed by atoms with Gasteiger partial charge in [-0.3, -0.25) is 13.8 Å². The lowest BCUT2D eigenvalue weighted by atomic mass is 10.0. The van der Waals surface area contributed by atoms with E-state index in [1.165, 1.54) is 180 Å². The van der Waals surface area contributed by atoms with Crippen LogP contribution in [-0.4, -0.2) is 49.9 Å². The van der Waals surface area contributed by atoms with Crippen molar-refractivity contribution in [3.8, 4) is 0 Å². The maximum atomic E-state index is 12.6. The summed E-state index contributed by atoms with van der Waals surface area (Å²) < 4.78 is 33.5. The Bertz CT molecular complexity index is 843. The van der Waals surface area contributed by atoms with Crippen LogP contribution in [0.15, 0.2) is 12.2 Å². The summed E-state index contributed by atoms with van der Waals surface area (Å²) in [4.78, 5) is 22.5. The van der Waals surface area contributed by atoms with E-state index in [0.29, 0.717) is 13.0 Å². The Morgan fingerprint density at radius 3 is 1.35 bits per heavy atom. The average molecular weight is 788 g/mol. The van der Waals surface area contributed by atoms with Crippen LogP contribution in [0.1, 0.15) is 232 Å². The van der Waals surface area contributed by atoms with Gasteiger partial charge in [-0.25, -0.2) is 4.57 Å². The number of phosphoric ester groups is 1. The highest BCUT2D eigenvalue weighted by Crippen LogP contribution is 2.43. The number of unbranched alkanes of at least 4 members (excludes halogenated alkanes) is 30. The molecule has 3 N–H and O–H groups in total. The zero-order valence-electron chi connectivity index (χ0n) is 35.7. The molecule has 0 saturated carbocycles. The Labute approximate surface area is 334 Å². The summed E-state index contributed by atoms with van der Waals surface area (Å²) in [5.74, 6) is -0.327. The number of carbonyl (C=O) groups is 1. The lowest BCUT2D eigenvalue weighted by Crippen LogP contribution is -2.28. The van der Waals surface area contributed by atoms with Gasteiger partial charge in [0.15, 0.2) is 0 Å². The van der Waals surface area contributed by atoms with Gasteiger partial charge in [-0.05, 0) is 38.5 Å². The van der Waals surface area contributed by atoms with Crippen molar-refractivity contribution in [2.24, 2.45) is 5.73 Å². The van der Waals surface area contributed by atoms with Gasteiger partial charge >= 0.3 is 13.8 Å². The zero-order valence-corrected chi connectivity index (χ0v) is 36.6. The van der Waals surface area contributed by atoms with E-state index in [0.717, 1.165) is 32.1 Å². The fraction of sp³-hybridized carbons (Fsp3) is 0.933. The standard InChI is InChI=1S/C45H90NO7P/c1-3-5-7-9-11-13-15-17-19-21-22-24-26-28-30-32-34-36-38-45(47)53-44(43-52-54(48,49)51-41-39-46)42-50-40-37-35-33-31-29-27-25-23-20-18-16-14-12-10-8-6-4-2/h20,23,44H,3-19,21-22,24-43,46H2,1-2H3,(H,48,49)/b23-20-. The first-order valence-electron chi connectivity index (χ1n) is 23.2. The molecule has 0 saturated heterocycles. The van der Waals surface area contributed by atoms with Crippen molar-refractivity contribution >= 4 is 13.8 Å². The van der Waals surface area contributed by atoms with Crippen molar-refractivity contribution in [2.45, 2.75) is 238 Å². The van der Waals surface area contributed by atoms with Crippen LogP contribution in [-0.2, 0) is 27.9 Å². The van der Waals surface area contributed by atoms with E-state index in [1.807, 2.05) is 0 Å². The molecule has 8 nitrogen and oxygen atoms in total. The van der Waals surface area contributed by atoms with E-state index in [4.69, 9.17) is 24.3 Å². The summed E-state index contributed by atoms with van der Waals surface area (Å²) in [7, 11) is -4.27. The molecule has 0 bridgehead atoms. The lowest BCUT2D eigenvalue weighted by molar-refractivity contribution is -0.154. The molecule has 0 heterocycles. The highest BCUT2D eigenvalue weighted by Gasteiger charge is 2.25. The zero-order chi connectivity index (χ0) is 39.5. The molecule has 0 radical (unpaired) electrons. The molecule has 9 heteroatoms. The minimum absolute atomic E-state index is 0.0932. The molecule has 0 aliphatic heterocycles.